The third-order valence-corrected chi connectivity index (χ3v) is 4.98. The zero-order chi connectivity index (χ0) is 15.8. The molecule has 1 aliphatic heterocycles. The molecule has 5 nitrogen and oxygen atoms in total. The van der Waals surface area contributed by atoms with Gasteiger partial charge in [0.25, 0.3) is 0 Å². The molecule has 2 aliphatic rings. The Kier molecular flexibility index (Phi) is 10.5. The van der Waals surface area contributed by atoms with Crippen LogP contribution in [-0.4, -0.2) is 75.3 Å². The van der Waals surface area contributed by atoms with Crippen molar-refractivity contribution < 1.29 is 4.74 Å². The van der Waals surface area contributed by atoms with Crippen LogP contribution in [0.3, 0.4) is 0 Å². The number of nitrogens with zero attached hydrogens (tertiary/aromatic N) is 3. The monoisotopic (exact) mass is 438 g/mol. The van der Waals surface area contributed by atoms with E-state index in [4.69, 9.17) is 9.73 Å². The van der Waals surface area contributed by atoms with E-state index in [0.717, 1.165) is 51.3 Å². The van der Waals surface area contributed by atoms with Crippen molar-refractivity contribution in [2.24, 2.45) is 10.9 Å². The minimum absolute atomic E-state index is 0. The van der Waals surface area contributed by atoms with Gasteiger partial charge in [-0.15, -0.1) is 24.0 Å². The fourth-order valence-corrected chi connectivity index (χ4v) is 3.66. The second-order valence-corrected chi connectivity index (χ2v) is 6.71. The summed E-state index contributed by atoms with van der Waals surface area (Å²) in [6, 6.07) is 0.788. The van der Waals surface area contributed by atoms with Gasteiger partial charge >= 0.3 is 0 Å². The third kappa shape index (κ3) is 6.74. The number of methoxy groups -OCH3 is 1. The van der Waals surface area contributed by atoms with Crippen LogP contribution in [0.1, 0.15) is 39.0 Å². The Labute approximate surface area is 159 Å². The number of likely N-dealkylation sites (tertiary alicyclic amines) is 1. The van der Waals surface area contributed by atoms with Crippen molar-refractivity contribution in [1.29, 1.82) is 0 Å². The number of nitrogens with one attached hydrogen (secondary N) is 1. The number of likely N-dealkylation sites (N-methyl/N-ethyl adjacent to an activating group) is 1. The third-order valence-electron chi connectivity index (χ3n) is 4.98. The van der Waals surface area contributed by atoms with E-state index in [1.807, 2.05) is 0 Å². The largest absolute Gasteiger partial charge is 0.384 e. The number of hydrogen-bond acceptors (Lipinski definition) is 3. The highest BCUT2D eigenvalue weighted by Crippen LogP contribution is 2.22. The molecule has 1 aliphatic carbocycles. The molecule has 0 aromatic carbocycles. The molecular weight excluding hydrogens is 403 g/mol. The molecule has 1 atom stereocenters. The topological polar surface area (TPSA) is 40.1 Å². The number of guanidine groups is 1. The van der Waals surface area contributed by atoms with Gasteiger partial charge in [0.1, 0.15) is 0 Å². The summed E-state index contributed by atoms with van der Waals surface area (Å²) in [5.74, 6) is 1.73. The lowest BCUT2D eigenvalue weighted by atomic mass is 10.1. The van der Waals surface area contributed by atoms with Crippen molar-refractivity contribution in [3.8, 4) is 0 Å². The van der Waals surface area contributed by atoms with Gasteiger partial charge in [-0.05, 0) is 33.2 Å². The quantitative estimate of drug-likeness (QED) is 0.377. The highest BCUT2D eigenvalue weighted by molar-refractivity contribution is 14.0. The lowest BCUT2D eigenvalue weighted by Crippen LogP contribution is -2.41. The highest BCUT2D eigenvalue weighted by Gasteiger charge is 2.24. The average molecular weight is 438 g/mol. The van der Waals surface area contributed by atoms with Gasteiger partial charge in [-0.25, -0.2) is 0 Å². The fraction of sp³-hybridized carbons (Fsp3) is 0.941. The first-order valence-corrected chi connectivity index (χ1v) is 8.97. The maximum Gasteiger partial charge on any atom is 0.193 e. The van der Waals surface area contributed by atoms with Crippen LogP contribution in [0.2, 0.25) is 0 Å². The molecule has 1 N–H and O–H groups in total. The lowest BCUT2D eigenvalue weighted by Gasteiger charge is -2.24. The van der Waals surface area contributed by atoms with Crippen LogP contribution in [0.25, 0.3) is 0 Å². The number of halogens is 1. The van der Waals surface area contributed by atoms with E-state index in [0.29, 0.717) is 5.92 Å². The molecule has 136 valence electrons. The predicted octanol–water partition coefficient (Wildman–Crippen LogP) is 2.41. The summed E-state index contributed by atoms with van der Waals surface area (Å²) < 4.78 is 5.29. The van der Waals surface area contributed by atoms with Crippen molar-refractivity contribution in [3.05, 3.63) is 0 Å². The Morgan fingerprint density at radius 1 is 1.30 bits per heavy atom. The molecule has 0 aromatic rings. The first kappa shape index (κ1) is 21.0. The van der Waals surface area contributed by atoms with Crippen LogP contribution in [0, 0.1) is 5.92 Å². The van der Waals surface area contributed by atoms with Crippen molar-refractivity contribution in [3.63, 3.8) is 0 Å². The molecule has 2 rings (SSSR count). The standard InChI is InChI=1S/C17H34N4O.HI/c1-4-18-17(21-11-9-15(13-21)14-22-3)19-10-12-20(2)16-7-5-6-8-16;/h15-16H,4-14H2,1-3H3,(H,18,19);1H. The molecule has 2 fully saturated rings. The normalized spacial score (nSPS) is 22.7. The van der Waals surface area contributed by atoms with Crippen LogP contribution in [-0.2, 0) is 4.74 Å². The van der Waals surface area contributed by atoms with Crippen molar-refractivity contribution in [2.45, 2.75) is 45.1 Å². The van der Waals surface area contributed by atoms with Gasteiger partial charge in [-0.1, -0.05) is 12.8 Å². The summed E-state index contributed by atoms with van der Waals surface area (Å²) >= 11 is 0. The van der Waals surface area contributed by atoms with Crippen LogP contribution in [0.5, 0.6) is 0 Å². The summed E-state index contributed by atoms with van der Waals surface area (Å²) in [6.45, 7) is 8.05. The Bertz CT molecular complexity index is 347. The van der Waals surface area contributed by atoms with E-state index in [2.05, 4.69) is 29.1 Å². The maximum absolute atomic E-state index is 5.29. The first-order valence-electron chi connectivity index (χ1n) is 8.97. The molecule has 0 amide bonds. The zero-order valence-corrected chi connectivity index (χ0v) is 17.4. The summed E-state index contributed by atoms with van der Waals surface area (Å²) in [5.41, 5.74) is 0. The van der Waals surface area contributed by atoms with Crippen LogP contribution in [0.15, 0.2) is 4.99 Å². The summed E-state index contributed by atoms with van der Waals surface area (Å²) in [7, 11) is 4.05. The minimum atomic E-state index is 0. The van der Waals surface area contributed by atoms with Crippen LogP contribution in [0.4, 0.5) is 0 Å². The molecule has 1 heterocycles. The number of rotatable bonds is 7. The average Bonchev–Trinajstić information content (AvgIpc) is 3.18. The summed E-state index contributed by atoms with van der Waals surface area (Å²) in [6.07, 6.45) is 6.74. The second kappa shape index (κ2) is 11.5. The number of hydrogen-bond donors (Lipinski definition) is 1. The fourth-order valence-electron chi connectivity index (χ4n) is 3.66. The SMILES string of the molecule is CCNC(=NCCN(C)C1CCCC1)N1CCC(COC)C1.I. The van der Waals surface area contributed by atoms with E-state index < -0.39 is 0 Å². The lowest BCUT2D eigenvalue weighted by molar-refractivity contribution is 0.157. The molecule has 1 saturated heterocycles. The molecular formula is C17H35IN4O. The van der Waals surface area contributed by atoms with Gasteiger partial charge in [0.15, 0.2) is 5.96 Å². The van der Waals surface area contributed by atoms with E-state index in [9.17, 15) is 0 Å². The number of ether oxygens (including phenoxy) is 1. The highest BCUT2D eigenvalue weighted by atomic mass is 127. The molecule has 0 aromatic heterocycles. The van der Waals surface area contributed by atoms with Gasteiger partial charge < -0.3 is 19.9 Å². The molecule has 0 spiro atoms. The molecule has 1 unspecified atom stereocenters. The summed E-state index contributed by atoms with van der Waals surface area (Å²) in [4.78, 5) is 9.74. The Morgan fingerprint density at radius 3 is 2.70 bits per heavy atom. The molecule has 6 heteroatoms. The Morgan fingerprint density at radius 2 is 2.04 bits per heavy atom. The molecule has 0 bridgehead atoms. The van der Waals surface area contributed by atoms with E-state index in [-0.39, 0.29) is 24.0 Å². The van der Waals surface area contributed by atoms with Gasteiger partial charge in [0, 0.05) is 45.2 Å². The van der Waals surface area contributed by atoms with Gasteiger partial charge in [-0.2, -0.15) is 0 Å². The van der Waals surface area contributed by atoms with E-state index in [1.54, 1.807) is 7.11 Å². The molecule has 1 saturated carbocycles. The smallest absolute Gasteiger partial charge is 0.193 e. The maximum atomic E-state index is 5.29. The molecule has 0 radical (unpaired) electrons. The minimum Gasteiger partial charge on any atom is -0.384 e. The number of aliphatic imine (C=N–C) groups is 1. The first-order chi connectivity index (χ1) is 10.7. The molecule has 23 heavy (non-hydrogen) atoms. The zero-order valence-electron chi connectivity index (χ0n) is 15.1. The summed E-state index contributed by atoms with van der Waals surface area (Å²) in [5, 5.41) is 3.45. The van der Waals surface area contributed by atoms with Crippen LogP contribution < -0.4 is 5.32 Å². The van der Waals surface area contributed by atoms with Crippen molar-refractivity contribution in [1.82, 2.24) is 15.1 Å². The van der Waals surface area contributed by atoms with E-state index >= 15 is 0 Å². The van der Waals surface area contributed by atoms with E-state index in [1.165, 1.54) is 32.1 Å². The van der Waals surface area contributed by atoms with Gasteiger partial charge in [-0.3, -0.25) is 4.99 Å². The second-order valence-electron chi connectivity index (χ2n) is 6.71. The van der Waals surface area contributed by atoms with Crippen LogP contribution >= 0.6 is 24.0 Å². The Balaban J connectivity index is 0.00000264. The van der Waals surface area contributed by atoms with Crippen molar-refractivity contribution >= 4 is 29.9 Å². The van der Waals surface area contributed by atoms with Gasteiger partial charge in [0.2, 0.25) is 0 Å². The Hall–Kier alpha value is -0.0800. The predicted molar refractivity (Wildman–Crippen MR) is 108 cm³/mol. The van der Waals surface area contributed by atoms with Crippen molar-refractivity contribution in [2.75, 3.05) is 53.5 Å². The van der Waals surface area contributed by atoms with Gasteiger partial charge in [0.05, 0.1) is 13.2 Å².